The SMILES string of the molecule is O=C(CSC1=NS(=O)(=O)c2ccccc2N1)NC[C@H]1CCCO1. The van der Waals surface area contributed by atoms with Crippen LogP contribution >= 0.6 is 11.8 Å². The van der Waals surface area contributed by atoms with Crippen molar-refractivity contribution in [3.05, 3.63) is 24.3 Å². The number of carbonyl (C=O) groups excluding carboxylic acids is 1. The van der Waals surface area contributed by atoms with E-state index in [2.05, 4.69) is 15.0 Å². The van der Waals surface area contributed by atoms with Crippen LogP contribution in [0.3, 0.4) is 0 Å². The topological polar surface area (TPSA) is 96.9 Å². The summed E-state index contributed by atoms with van der Waals surface area (Å²) in [4.78, 5) is 12.0. The molecule has 0 bridgehead atoms. The Bertz CT molecular complexity index is 727. The first-order valence-corrected chi connectivity index (χ1v) is 9.69. The van der Waals surface area contributed by atoms with Gasteiger partial charge in [-0.3, -0.25) is 4.79 Å². The minimum absolute atomic E-state index is 0.0846. The second-order valence-corrected chi connectivity index (χ2v) is 7.76. The lowest BCUT2D eigenvalue weighted by Crippen LogP contribution is -2.33. The number of nitrogens with one attached hydrogen (secondary N) is 2. The Hall–Kier alpha value is -1.58. The number of amidine groups is 1. The molecule has 0 saturated carbocycles. The third kappa shape index (κ3) is 4.04. The van der Waals surface area contributed by atoms with Gasteiger partial charge < -0.3 is 15.4 Å². The number of ether oxygens (including phenoxy) is 1. The van der Waals surface area contributed by atoms with Gasteiger partial charge in [-0.2, -0.15) is 8.42 Å². The number of anilines is 1. The predicted octanol–water partition coefficient (Wildman–Crippen LogP) is 1.19. The number of hydrogen-bond acceptors (Lipinski definition) is 6. The lowest BCUT2D eigenvalue weighted by Gasteiger charge is -2.17. The van der Waals surface area contributed by atoms with Crippen molar-refractivity contribution in [1.29, 1.82) is 0 Å². The Labute approximate surface area is 138 Å². The van der Waals surface area contributed by atoms with Gasteiger partial charge in [0.2, 0.25) is 5.91 Å². The zero-order valence-corrected chi connectivity index (χ0v) is 14.0. The number of nitrogens with zero attached hydrogens (tertiary/aromatic N) is 1. The molecule has 1 fully saturated rings. The predicted molar refractivity (Wildman–Crippen MR) is 89.1 cm³/mol. The van der Waals surface area contributed by atoms with E-state index in [9.17, 15) is 13.2 Å². The normalized spacial score (nSPS) is 21.9. The monoisotopic (exact) mass is 355 g/mol. The maximum Gasteiger partial charge on any atom is 0.286 e. The maximum absolute atomic E-state index is 12.1. The second-order valence-electron chi connectivity index (χ2n) is 5.22. The molecule has 7 nitrogen and oxygen atoms in total. The number of thioether (sulfide) groups is 1. The van der Waals surface area contributed by atoms with Crippen molar-refractivity contribution >= 4 is 38.5 Å². The second kappa shape index (κ2) is 6.90. The van der Waals surface area contributed by atoms with Crippen LogP contribution in [0.2, 0.25) is 0 Å². The van der Waals surface area contributed by atoms with Crippen LogP contribution in [0.1, 0.15) is 12.8 Å². The molecule has 0 unspecified atom stereocenters. The average Bonchev–Trinajstić information content (AvgIpc) is 3.04. The van der Waals surface area contributed by atoms with E-state index in [0.717, 1.165) is 31.2 Å². The lowest BCUT2D eigenvalue weighted by atomic mass is 10.2. The molecule has 3 rings (SSSR count). The number of sulfonamides is 1. The van der Waals surface area contributed by atoms with Gasteiger partial charge in [-0.05, 0) is 25.0 Å². The van der Waals surface area contributed by atoms with E-state index in [1.165, 1.54) is 6.07 Å². The summed E-state index contributed by atoms with van der Waals surface area (Å²) < 4.78 is 33.3. The zero-order chi connectivity index (χ0) is 16.3. The first-order chi connectivity index (χ1) is 11.0. The molecule has 1 aromatic carbocycles. The number of carbonyl (C=O) groups is 1. The summed E-state index contributed by atoms with van der Waals surface area (Å²) >= 11 is 1.06. The molecule has 2 aliphatic rings. The van der Waals surface area contributed by atoms with Gasteiger partial charge in [-0.1, -0.05) is 23.9 Å². The molecular formula is C14H17N3O4S2. The van der Waals surface area contributed by atoms with Crippen LogP contribution in [0.4, 0.5) is 5.69 Å². The molecule has 0 aromatic heterocycles. The molecule has 2 N–H and O–H groups in total. The van der Waals surface area contributed by atoms with Crippen molar-refractivity contribution in [1.82, 2.24) is 5.32 Å². The van der Waals surface area contributed by atoms with Gasteiger partial charge in [0, 0.05) is 13.2 Å². The summed E-state index contributed by atoms with van der Waals surface area (Å²) in [6, 6.07) is 6.55. The maximum atomic E-state index is 12.1. The highest BCUT2D eigenvalue weighted by Crippen LogP contribution is 2.28. The number of fused-ring (bicyclic) bond motifs is 1. The Kier molecular flexibility index (Phi) is 4.88. The van der Waals surface area contributed by atoms with Gasteiger partial charge in [0.05, 0.1) is 17.5 Å². The fraction of sp³-hybridized carbons (Fsp3) is 0.429. The highest BCUT2D eigenvalue weighted by Gasteiger charge is 2.25. The molecule has 2 aliphatic heterocycles. The Morgan fingerprint density at radius 2 is 2.26 bits per heavy atom. The van der Waals surface area contributed by atoms with Crippen LogP contribution in [0.5, 0.6) is 0 Å². The van der Waals surface area contributed by atoms with Gasteiger partial charge in [0.15, 0.2) is 5.17 Å². The molecule has 1 aromatic rings. The number of para-hydroxylation sites is 1. The molecule has 0 spiro atoms. The van der Waals surface area contributed by atoms with Gasteiger partial charge in [-0.15, -0.1) is 4.40 Å². The first-order valence-electron chi connectivity index (χ1n) is 7.27. The van der Waals surface area contributed by atoms with Crippen molar-refractivity contribution in [3.8, 4) is 0 Å². The Morgan fingerprint density at radius 3 is 3.04 bits per heavy atom. The van der Waals surface area contributed by atoms with Crippen LogP contribution in [-0.2, 0) is 19.6 Å². The van der Waals surface area contributed by atoms with Crippen molar-refractivity contribution in [2.75, 3.05) is 24.2 Å². The first kappa shape index (κ1) is 16.3. The Balaban J connectivity index is 1.54. The van der Waals surface area contributed by atoms with Gasteiger partial charge in [0.25, 0.3) is 10.0 Å². The van der Waals surface area contributed by atoms with Gasteiger partial charge in [0.1, 0.15) is 4.90 Å². The summed E-state index contributed by atoms with van der Waals surface area (Å²) in [6.45, 7) is 1.23. The summed E-state index contributed by atoms with van der Waals surface area (Å²) in [5.41, 5.74) is 0.477. The van der Waals surface area contributed by atoms with Gasteiger partial charge >= 0.3 is 0 Å². The largest absolute Gasteiger partial charge is 0.376 e. The number of hydrogen-bond donors (Lipinski definition) is 2. The molecule has 1 saturated heterocycles. The number of rotatable bonds is 4. The standard InChI is InChI=1S/C14H17N3O4S2/c18-13(15-8-10-4-3-7-21-10)9-22-14-16-11-5-1-2-6-12(11)23(19,20)17-14/h1-2,5-6,10H,3-4,7-9H2,(H,15,18)(H,16,17)/t10-/m1/s1. The highest BCUT2D eigenvalue weighted by atomic mass is 32.2. The molecule has 1 amide bonds. The van der Waals surface area contributed by atoms with E-state index in [1.807, 2.05) is 0 Å². The fourth-order valence-electron chi connectivity index (χ4n) is 2.37. The summed E-state index contributed by atoms with van der Waals surface area (Å²) in [5, 5.41) is 5.93. The van der Waals surface area contributed by atoms with E-state index in [1.54, 1.807) is 18.2 Å². The van der Waals surface area contributed by atoms with Crippen LogP contribution in [0.25, 0.3) is 0 Å². The molecule has 124 valence electrons. The molecule has 2 heterocycles. The molecule has 23 heavy (non-hydrogen) atoms. The quantitative estimate of drug-likeness (QED) is 0.842. The van der Waals surface area contributed by atoms with Crippen molar-refractivity contribution in [2.45, 2.75) is 23.8 Å². The van der Waals surface area contributed by atoms with Crippen LogP contribution in [0.15, 0.2) is 33.6 Å². The van der Waals surface area contributed by atoms with E-state index >= 15 is 0 Å². The van der Waals surface area contributed by atoms with Crippen LogP contribution in [-0.4, -0.2) is 44.5 Å². The minimum atomic E-state index is -3.71. The summed E-state index contributed by atoms with van der Waals surface area (Å²) in [5.74, 6) is -0.0813. The fourth-order valence-corrected chi connectivity index (χ4v) is 4.44. The molecular weight excluding hydrogens is 338 g/mol. The van der Waals surface area contributed by atoms with Crippen molar-refractivity contribution in [3.63, 3.8) is 0 Å². The molecule has 9 heteroatoms. The minimum Gasteiger partial charge on any atom is -0.376 e. The smallest absolute Gasteiger partial charge is 0.286 e. The summed E-state index contributed by atoms with van der Waals surface area (Å²) in [7, 11) is -3.71. The number of benzene rings is 1. The lowest BCUT2D eigenvalue weighted by molar-refractivity contribution is -0.119. The van der Waals surface area contributed by atoms with E-state index < -0.39 is 10.0 Å². The van der Waals surface area contributed by atoms with Crippen LogP contribution in [0, 0.1) is 0 Å². The van der Waals surface area contributed by atoms with E-state index in [4.69, 9.17) is 4.74 Å². The third-order valence-corrected chi connectivity index (χ3v) is 5.82. The van der Waals surface area contributed by atoms with E-state index in [0.29, 0.717) is 12.2 Å². The third-order valence-electron chi connectivity index (χ3n) is 3.50. The van der Waals surface area contributed by atoms with Crippen LogP contribution < -0.4 is 10.6 Å². The molecule has 1 atom stereocenters. The van der Waals surface area contributed by atoms with Gasteiger partial charge in [-0.25, -0.2) is 0 Å². The number of amides is 1. The average molecular weight is 355 g/mol. The molecule has 0 aliphatic carbocycles. The zero-order valence-electron chi connectivity index (χ0n) is 12.3. The van der Waals surface area contributed by atoms with Crippen molar-refractivity contribution in [2.24, 2.45) is 4.40 Å². The highest BCUT2D eigenvalue weighted by molar-refractivity contribution is 8.15. The summed E-state index contributed by atoms with van der Waals surface area (Å²) in [6.07, 6.45) is 2.06. The Morgan fingerprint density at radius 1 is 1.43 bits per heavy atom. The van der Waals surface area contributed by atoms with Crippen molar-refractivity contribution < 1.29 is 17.9 Å². The van der Waals surface area contributed by atoms with E-state index in [-0.39, 0.29) is 27.8 Å². The molecule has 0 radical (unpaired) electrons.